The van der Waals surface area contributed by atoms with Crippen LogP contribution in [0, 0.1) is 0 Å². The van der Waals surface area contributed by atoms with Crippen molar-refractivity contribution in [3.05, 3.63) is 72.9 Å². The number of hydrogen-bond acceptors (Lipinski definition) is 7. The molecule has 374 valence electrons. The highest BCUT2D eigenvalue weighted by Crippen LogP contribution is 2.14. The Hall–Kier alpha value is -3.27. The molecule has 0 bridgehead atoms. The number of ether oxygens (including phenoxy) is 4. The van der Waals surface area contributed by atoms with Gasteiger partial charge < -0.3 is 28.5 Å². The van der Waals surface area contributed by atoms with Crippen molar-refractivity contribution in [2.75, 3.05) is 47.5 Å². The van der Waals surface area contributed by atoms with E-state index in [-0.39, 0.29) is 38.6 Å². The molecule has 0 heterocycles. The summed E-state index contributed by atoms with van der Waals surface area (Å²) in [5.41, 5.74) is 0. The Morgan fingerprint density at radius 1 is 0.477 bits per heavy atom. The summed E-state index contributed by atoms with van der Waals surface area (Å²) in [6, 6.07) is 0. The molecule has 0 fully saturated rings. The third-order valence-corrected chi connectivity index (χ3v) is 10.9. The standard InChI is InChI=1S/C56H97NO8/c1-6-8-10-12-14-16-18-20-22-24-26-27-29-30-32-34-36-38-40-42-44-46-53(58)63-50-52(51-64-56(55(60)61)62-49-48-57(3,4)5)65-54(59)47-45-43-41-39-37-35-33-31-28-25-23-21-19-17-15-13-11-9-7-2/h9,11,15,17,21,23-24,26,28,31,35,37,52,56H,6-8,10,12-14,16,18-20,22,25,27,29-30,32-34,36,38-51H2,1-5H3/p+1/b11-9-,17-15-,23-21-,26-24-,31-28-,37-35-. The summed E-state index contributed by atoms with van der Waals surface area (Å²) in [7, 11) is 5.94. The number of rotatable bonds is 47. The van der Waals surface area contributed by atoms with Crippen LogP contribution in [-0.4, -0.2) is 87.4 Å². The van der Waals surface area contributed by atoms with Crippen LogP contribution >= 0.6 is 0 Å². The molecule has 1 N–H and O–H groups in total. The van der Waals surface area contributed by atoms with Crippen LogP contribution in [0.2, 0.25) is 0 Å². The smallest absolute Gasteiger partial charge is 0.361 e. The summed E-state index contributed by atoms with van der Waals surface area (Å²) in [6.45, 7) is 4.72. The number of quaternary nitrogens is 1. The zero-order valence-corrected chi connectivity index (χ0v) is 42.4. The number of likely N-dealkylation sites (N-methyl/N-ethyl adjacent to an activating group) is 1. The van der Waals surface area contributed by atoms with E-state index in [9.17, 15) is 19.5 Å². The minimum absolute atomic E-state index is 0.177. The lowest BCUT2D eigenvalue weighted by atomic mass is 10.1. The van der Waals surface area contributed by atoms with Crippen molar-refractivity contribution < 1.29 is 42.9 Å². The van der Waals surface area contributed by atoms with Gasteiger partial charge in [0.2, 0.25) is 0 Å². The van der Waals surface area contributed by atoms with E-state index in [2.05, 4.69) is 86.8 Å². The minimum Gasteiger partial charge on any atom is -0.477 e. The minimum atomic E-state index is -1.52. The van der Waals surface area contributed by atoms with Gasteiger partial charge in [-0.3, -0.25) is 9.59 Å². The van der Waals surface area contributed by atoms with Crippen LogP contribution in [0.5, 0.6) is 0 Å². The Labute approximate surface area is 398 Å². The van der Waals surface area contributed by atoms with Gasteiger partial charge in [-0.15, -0.1) is 0 Å². The fraction of sp³-hybridized carbons (Fsp3) is 0.732. The summed E-state index contributed by atoms with van der Waals surface area (Å²) >= 11 is 0. The molecule has 0 amide bonds. The molecule has 0 aliphatic heterocycles. The number of aliphatic carboxylic acids is 1. The molecule has 2 atom stereocenters. The van der Waals surface area contributed by atoms with E-state index in [0.717, 1.165) is 70.6 Å². The van der Waals surface area contributed by atoms with Crippen molar-refractivity contribution >= 4 is 17.9 Å². The quantitative estimate of drug-likeness (QED) is 0.0211. The molecule has 0 aromatic carbocycles. The second-order valence-corrected chi connectivity index (χ2v) is 18.4. The van der Waals surface area contributed by atoms with Crippen LogP contribution in [0.15, 0.2) is 72.9 Å². The van der Waals surface area contributed by atoms with Crippen molar-refractivity contribution in [3.63, 3.8) is 0 Å². The average molecular weight is 913 g/mol. The second-order valence-electron chi connectivity index (χ2n) is 18.4. The molecule has 0 rings (SSSR count). The molecular formula is C56H98NO8+. The van der Waals surface area contributed by atoms with Gasteiger partial charge in [-0.05, 0) is 83.5 Å². The van der Waals surface area contributed by atoms with Gasteiger partial charge in [0.05, 0.1) is 34.4 Å². The van der Waals surface area contributed by atoms with Crippen molar-refractivity contribution in [2.24, 2.45) is 0 Å². The number of esters is 2. The van der Waals surface area contributed by atoms with Crippen LogP contribution in [0.3, 0.4) is 0 Å². The van der Waals surface area contributed by atoms with Crippen molar-refractivity contribution in [1.29, 1.82) is 0 Å². The maximum atomic E-state index is 12.8. The van der Waals surface area contributed by atoms with Gasteiger partial charge in [-0.2, -0.15) is 0 Å². The third kappa shape index (κ3) is 48.5. The maximum Gasteiger partial charge on any atom is 0.361 e. The van der Waals surface area contributed by atoms with E-state index in [1.165, 1.54) is 103 Å². The molecule has 9 heteroatoms. The number of carboxylic acids is 1. The number of hydrogen-bond donors (Lipinski definition) is 1. The number of unbranched alkanes of at least 4 members (excludes halogenated alkanes) is 20. The highest BCUT2D eigenvalue weighted by Gasteiger charge is 2.25. The van der Waals surface area contributed by atoms with Gasteiger partial charge >= 0.3 is 17.9 Å². The number of carboxylic acid groups (broad SMARTS) is 1. The van der Waals surface area contributed by atoms with Crippen molar-refractivity contribution in [1.82, 2.24) is 0 Å². The first-order valence-corrected chi connectivity index (χ1v) is 26.1. The molecule has 9 nitrogen and oxygen atoms in total. The molecule has 0 saturated heterocycles. The fourth-order valence-corrected chi connectivity index (χ4v) is 6.92. The van der Waals surface area contributed by atoms with E-state index >= 15 is 0 Å². The lowest BCUT2D eigenvalue weighted by Crippen LogP contribution is -2.40. The molecular weight excluding hydrogens is 815 g/mol. The normalized spacial score (nSPS) is 13.4. The predicted octanol–water partition coefficient (Wildman–Crippen LogP) is 14.7. The van der Waals surface area contributed by atoms with Crippen molar-refractivity contribution in [3.8, 4) is 0 Å². The molecule has 0 aliphatic carbocycles. The number of carbonyl (C=O) groups is 3. The molecule has 0 saturated carbocycles. The first-order valence-electron chi connectivity index (χ1n) is 26.1. The summed E-state index contributed by atoms with van der Waals surface area (Å²) in [5.74, 6) is -2.06. The fourth-order valence-electron chi connectivity index (χ4n) is 6.92. The molecule has 0 aromatic rings. The van der Waals surface area contributed by atoms with Gasteiger partial charge in [0, 0.05) is 12.8 Å². The Bertz CT molecular complexity index is 1290. The molecule has 0 aromatic heterocycles. The Kier molecular flexibility index (Phi) is 44.9. The van der Waals surface area contributed by atoms with E-state index in [1.807, 2.05) is 21.1 Å². The topological polar surface area (TPSA) is 108 Å². The Balaban J connectivity index is 4.39. The largest absolute Gasteiger partial charge is 0.477 e. The summed E-state index contributed by atoms with van der Waals surface area (Å²) in [6.07, 6.45) is 56.8. The number of carbonyl (C=O) groups excluding carboxylic acids is 2. The van der Waals surface area contributed by atoms with E-state index in [0.29, 0.717) is 17.4 Å². The highest BCUT2D eigenvalue weighted by atomic mass is 16.7. The van der Waals surface area contributed by atoms with Gasteiger partial charge in [0.25, 0.3) is 6.29 Å². The van der Waals surface area contributed by atoms with Crippen LogP contribution in [0.4, 0.5) is 0 Å². The summed E-state index contributed by atoms with van der Waals surface area (Å²) < 4.78 is 22.8. The molecule has 0 aliphatic rings. The lowest BCUT2D eigenvalue weighted by molar-refractivity contribution is -0.870. The predicted molar refractivity (Wildman–Crippen MR) is 272 cm³/mol. The zero-order chi connectivity index (χ0) is 47.7. The van der Waals surface area contributed by atoms with Gasteiger partial charge in [-0.1, -0.05) is 183 Å². The average Bonchev–Trinajstić information content (AvgIpc) is 3.27. The van der Waals surface area contributed by atoms with Gasteiger partial charge in [0.1, 0.15) is 13.2 Å². The van der Waals surface area contributed by atoms with Crippen LogP contribution < -0.4 is 0 Å². The second kappa shape index (κ2) is 47.2. The monoisotopic (exact) mass is 913 g/mol. The van der Waals surface area contributed by atoms with Crippen LogP contribution in [0.1, 0.15) is 206 Å². The molecule has 0 spiro atoms. The number of nitrogens with zero attached hydrogens (tertiary/aromatic N) is 1. The molecule has 2 unspecified atom stereocenters. The summed E-state index contributed by atoms with van der Waals surface area (Å²) in [5, 5.41) is 9.67. The first kappa shape index (κ1) is 61.7. The summed E-state index contributed by atoms with van der Waals surface area (Å²) in [4.78, 5) is 37.3. The number of allylic oxidation sites excluding steroid dienone is 12. The molecule has 65 heavy (non-hydrogen) atoms. The van der Waals surface area contributed by atoms with Crippen LogP contribution in [-0.2, 0) is 33.3 Å². The van der Waals surface area contributed by atoms with Crippen molar-refractivity contribution in [2.45, 2.75) is 219 Å². The van der Waals surface area contributed by atoms with E-state index < -0.39 is 24.3 Å². The third-order valence-electron chi connectivity index (χ3n) is 10.9. The first-order chi connectivity index (χ1) is 31.6. The van der Waals surface area contributed by atoms with Crippen LogP contribution in [0.25, 0.3) is 0 Å². The highest BCUT2D eigenvalue weighted by molar-refractivity contribution is 5.71. The lowest BCUT2D eigenvalue weighted by Gasteiger charge is -2.25. The SMILES string of the molecule is CC/C=C\C/C=C\C/C=C\C/C=C\C/C=C\CCCCCC(=O)OC(COC(=O)CCCCCCCCCCC/C=C\CCCCCCCCCC)COC(OCC[N+](C)(C)C)C(=O)O. The van der Waals surface area contributed by atoms with E-state index in [4.69, 9.17) is 18.9 Å². The van der Waals surface area contributed by atoms with Gasteiger partial charge in [0.15, 0.2) is 6.10 Å². The Morgan fingerprint density at radius 2 is 0.877 bits per heavy atom. The zero-order valence-electron chi connectivity index (χ0n) is 42.4. The van der Waals surface area contributed by atoms with E-state index in [1.54, 1.807) is 0 Å². The Morgan fingerprint density at radius 3 is 1.34 bits per heavy atom. The maximum absolute atomic E-state index is 12.8. The molecule has 0 radical (unpaired) electrons. The van der Waals surface area contributed by atoms with Gasteiger partial charge in [-0.25, -0.2) is 4.79 Å².